The topological polar surface area (TPSA) is 52.7 Å². The number of hydrogen-bond donors (Lipinski definition) is 1. The highest BCUT2D eigenvalue weighted by atomic mass is 16.2. The molecule has 0 spiro atoms. The van der Waals surface area contributed by atoms with Gasteiger partial charge < -0.3 is 10.2 Å². The Hall–Kier alpha value is -1.88. The van der Waals surface area contributed by atoms with Gasteiger partial charge in [-0.05, 0) is 12.1 Å². The molecule has 2 rings (SSSR count). The average Bonchev–Trinajstić information content (AvgIpc) is 2.40. The molecule has 0 unspecified atom stereocenters. The Balaban J connectivity index is 1.76. The largest absolute Gasteiger partial charge is 0.340 e. The van der Waals surface area contributed by atoms with E-state index in [4.69, 9.17) is 0 Å². The standard InChI is InChI=1S/C14H19N3O2/c1-12(18)17-9-7-16(8-10-17)11-14(19)15-13-5-3-2-4-6-13/h2-6H,7-11H2,1H3,(H,15,19). The molecule has 1 aromatic carbocycles. The Kier molecular flexibility index (Phi) is 4.52. The van der Waals surface area contributed by atoms with E-state index in [-0.39, 0.29) is 11.8 Å². The van der Waals surface area contributed by atoms with Crippen LogP contribution in [0.15, 0.2) is 30.3 Å². The first-order valence-electron chi connectivity index (χ1n) is 6.48. The van der Waals surface area contributed by atoms with E-state index in [1.54, 1.807) is 6.92 Å². The molecule has 2 amide bonds. The molecular weight excluding hydrogens is 242 g/mol. The molecule has 1 aliphatic heterocycles. The summed E-state index contributed by atoms with van der Waals surface area (Å²) in [5.74, 6) is 0.0934. The second-order valence-electron chi connectivity index (χ2n) is 4.70. The number of carbonyl (C=O) groups excluding carboxylic acids is 2. The maximum absolute atomic E-state index is 11.9. The molecular formula is C14H19N3O2. The van der Waals surface area contributed by atoms with Gasteiger partial charge in [-0.3, -0.25) is 14.5 Å². The van der Waals surface area contributed by atoms with Crippen LogP contribution in [0.3, 0.4) is 0 Å². The number of rotatable bonds is 3. The normalized spacial score (nSPS) is 16.2. The Morgan fingerprint density at radius 1 is 1.11 bits per heavy atom. The summed E-state index contributed by atoms with van der Waals surface area (Å²) in [6, 6.07) is 9.43. The first-order chi connectivity index (χ1) is 9.15. The maximum Gasteiger partial charge on any atom is 0.238 e. The molecule has 0 bridgehead atoms. The minimum atomic E-state index is -0.0116. The zero-order chi connectivity index (χ0) is 13.7. The quantitative estimate of drug-likeness (QED) is 0.875. The van der Waals surface area contributed by atoms with Crippen LogP contribution >= 0.6 is 0 Å². The minimum absolute atomic E-state index is 0.0116. The molecule has 5 heteroatoms. The van der Waals surface area contributed by atoms with Gasteiger partial charge in [0.1, 0.15) is 0 Å². The number of anilines is 1. The lowest BCUT2D eigenvalue weighted by Crippen LogP contribution is -2.49. The van der Waals surface area contributed by atoms with Crippen molar-refractivity contribution in [1.82, 2.24) is 9.80 Å². The molecule has 5 nitrogen and oxygen atoms in total. The molecule has 102 valence electrons. The van der Waals surface area contributed by atoms with Crippen LogP contribution in [-0.2, 0) is 9.59 Å². The van der Waals surface area contributed by atoms with Gasteiger partial charge >= 0.3 is 0 Å². The fourth-order valence-electron chi connectivity index (χ4n) is 2.15. The van der Waals surface area contributed by atoms with Crippen LogP contribution in [0.4, 0.5) is 5.69 Å². The molecule has 1 heterocycles. The third-order valence-corrected chi connectivity index (χ3v) is 3.24. The Morgan fingerprint density at radius 2 is 1.74 bits per heavy atom. The van der Waals surface area contributed by atoms with Crippen LogP contribution in [0.25, 0.3) is 0 Å². The summed E-state index contributed by atoms with van der Waals surface area (Å²) in [6.45, 7) is 4.86. The molecule has 1 aromatic rings. The first-order valence-corrected chi connectivity index (χ1v) is 6.48. The number of carbonyl (C=O) groups is 2. The summed E-state index contributed by atoms with van der Waals surface area (Å²) in [7, 11) is 0. The van der Waals surface area contributed by atoms with Gasteiger partial charge in [0.25, 0.3) is 0 Å². The molecule has 19 heavy (non-hydrogen) atoms. The monoisotopic (exact) mass is 261 g/mol. The SMILES string of the molecule is CC(=O)N1CCN(CC(=O)Nc2ccccc2)CC1. The van der Waals surface area contributed by atoms with Crippen LogP contribution in [-0.4, -0.2) is 54.3 Å². The minimum Gasteiger partial charge on any atom is -0.340 e. The molecule has 0 saturated carbocycles. The summed E-state index contributed by atoms with van der Waals surface area (Å²) in [6.07, 6.45) is 0. The van der Waals surface area contributed by atoms with Gasteiger partial charge in [0.15, 0.2) is 0 Å². The zero-order valence-electron chi connectivity index (χ0n) is 11.1. The summed E-state index contributed by atoms with van der Waals surface area (Å²) >= 11 is 0. The molecule has 1 N–H and O–H groups in total. The number of piperazine rings is 1. The van der Waals surface area contributed by atoms with E-state index in [0.29, 0.717) is 19.6 Å². The van der Waals surface area contributed by atoms with E-state index >= 15 is 0 Å². The van der Waals surface area contributed by atoms with Crippen LogP contribution in [0.1, 0.15) is 6.92 Å². The van der Waals surface area contributed by atoms with Crippen LogP contribution in [0.2, 0.25) is 0 Å². The number of amides is 2. The van der Waals surface area contributed by atoms with E-state index in [1.807, 2.05) is 35.2 Å². The Bertz CT molecular complexity index is 439. The molecule has 0 aliphatic carbocycles. The highest BCUT2D eigenvalue weighted by Gasteiger charge is 2.20. The van der Waals surface area contributed by atoms with Gasteiger partial charge in [-0.1, -0.05) is 18.2 Å². The fraction of sp³-hybridized carbons (Fsp3) is 0.429. The summed E-state index contributed by atoms with van der Waals surface area (Å²) < 4.78 is 0. The van der Waals surface area contributed by atoms with Gasteiger partial charge in [-0.25, -0.2) is 0 Å². The van der Waals surface area contributed by atoms with Gasteiger partial charge in [-0.2, -0.15) is 0 Å². The highest BCUT2D eigenvalue weighted by molar-refractivity contribution is 5.92. The lowest BCUT2D eigenvalue weighted by Gasteiger charge is -2.33. The van der Waals surface area contributed by atoms with E-state index in [2.05, 4.69) is 10.2 Å². The van der Waals surface area contributed by atoms with Crippen LogP contribution in [0, 0.1) is 0 Å². The summed E-state index contributed by atoms with van der Waals surface area (Å²) in [5.41, 5.74) is 0.815. The molecule has 1 fully saturated rings. The molecule has 1 aliphatic rings. The lowest BCUT2D eigenvalue weighted by atomic mass is 10.3. The predicted molar refractivity (Wildman–Crippen MR) is 73.8 cm³/mol. The summed E-state index contributed by atoms with van der Waals surface area (Å²) in [4.78, 5) is 26.9. The number of nitrogens with zero attached hydrogens (tertiary/aromatic N) is 2. The number of para-hydroxylation sites is 1. The second kappa shape index (κ2) is 6.33. The number of hydrogen-bond acceptors (Lipinski definition) is 3. The summed E-state index contributed by atoms with van der Waals surface area (Å²) in [5, 5.41) is 2.86. The van der Waals surface area contributed by atoms with Crippen LogP contribution < -0.4 is 5.32 Å². The Morgan fingerprint density at radius 3 is 2.32 bits per heavy atom. The zero-order valence-corrected chi connectivity index (χ0v) is 11.1. The Labute approximate surface area is 113 Å². The van der Waals surface area contributed by atoms with E-state index in [1.165, 1.54) is 0 Å². The van der Waals surface area contributed by atoms with Crippen LogP contribution in [0.5, 0.6) is 0 Å². The van der Waals surface area contributed by atoms with E-state index < -0.39 is 0 Å². The molecule has 0 aromatic heterocycles. The van der Waals surface area contributed by atoms with Gasteiger partial charge in [0, 0.05) is 38.8 Å². The van der Waals surface area contributed by atoms with E-state index in [0.717, 1.165) is 18.8 Å². The smallest absolute Gasteiger partial charge is 0.238 e. The van der Waals surface area contributed by atoms with Crippen molar-refractivity contribution in [3.05, 3.63) is 30.3 Å². The number of nitrogens with one attached hydrogen (secondary N) is 1. The lowest BCUT2D eigenvalue weighted by molar-refractivity contribution is -0.130. The average molecular weight is 261 g/mol. The van der Waals surface area contributed by atoms with Crippen molar-refractivity contribution in [1.29, 1.82) is 0 Å². The second-order valence-corrected chi connectivity index (χ2v) is 4.70. The predicted octanol–water partition coefficient (Wildman–Crippen LogP) is 0.789. The van der Waals surface area contributed by atoms with Gasteiger partial charge in [-0.15, -0.1) is 0 Å². The number of benzene rings is 1. The van der Waals surface area contributed by atoms with Crippen molar-refractivity contribution in [2.75, 3.05) is 38.0 Å². The molecule has 1 saturated heterocycles. The highest BCUT2D eigenvalue weighted by Crippen LogP contribution is 2.06. The van der Waals surface area contributed by atoms with Crippen molar-refractivity contribution in [2.45, 2.75) is 6.92 Å². The maximum atomic E-state index is 11.9. The van der Waals surface area contributed by atoms with Crippen molar-refractivity contribution in [2.24, 2.45) is 0 Å². The molecule has 0 atom stereocenters. The van der Waals surface area contributed by atoms with Crippen molar-refractivity contribution < 1.29 is 9.59 Å². The van der Waals surface area contributed by atoms with Crippen molar-refractivity contribution in [3.8, 4) is 0 Å². The molecule has 0 radical (unpaired) electrons. The van der Waals surface area contributed by atoms with Gasteiger partial charge in [0.05, 0.1) is 6.54 Å². The third-order valence-electron chi connectivity index (χ3n) is 3.24. The van der Waals surface area contributed by atoms with Gasteiger partial charge in [0.2, 0.25) is 11.8 Å². The fourth-order valence-corrected chi connectivity index (χ4v) is 2.15. The van der Waals surface area contributed by atoms with Crippen molar-refractivity contribution in [3.63, 3.8) is 0 Å². The first kappa shape index (κ1) is 13.5. The van der Waals surface area contributed by atoms with E-state index in [9.17, 15) is 9.59 Å². The third kappa shape index (κ3) is 4.06. The van der Waals surface area contributed by atoms with Crippen molar-refractivity contribution >= 4 is 17.5 Å².